The lowest BCUT2D eigenvalue weighted by molar-refractivity contribution is 0.0906. The number of thioether (sulfide) groups is 1. The van der Waals surface area contributed by atoms with Gasteiger partial charge in [-0.2, -0.15) is 11.8 Å². The van der Waals surface area contributed by atoms with E-state index in [9.17, 15) is 0 Å². The van der Waals surface area contributed by atoms with Crippen molar-refractivity contribution in [3.8, 4) is 0 Å². The van der Waals surface area contributed by atoms with Gasteiger partial charge in [-0.1, -0.05) is 13.8 Å². The summed E-state index contributed by atoms with van der Waals surface area (Å²) in [6, 6.07) is 1.22. The molecule has 1 aliphatic rings. The third-order valence-corrected chi connectivity index (χ3v) is 3.61. The maximum absolute atomic E-state index is 5.63. The Labute approximate surface area is 98.5 Å². The highest BCUT2D eigenvalue weighted by atomic mass is 32.2. The first kappa shape index (κ1) is 13.3. The number of ether oxygens (including phenoxy) is 1. The van der Waals surface area contributed by atoms with E-state index >= 15 is 0 Å². The van der Waals surface area contributed by atoms with E-state index in [4.69, 9.17) is 4.74 Å². The first-order valence-corrected chi connectivity index (χ1v) is 7.25. The number of hydrogen-bond acceptors (Lipinski definition) is 3. The summed E-state index contributed by atoms with van der Waals surface area (Å²) in [5.74, 6) is 3.28. The Kier molecular flexibility index (Phi) is 6.69. The summed E-state index contributed by atoms with van der Waals surface area (Å²) in [7, 11) is 0. The molecule has 0 bridgehead atoms. The van der Waals surface area contributed by atoms with Gasteiger partial charge in [0.2, 0.25) is 0 Å². The molecule has 0 amide bonds. The Balaban J connectivity index is 2.03. The van der Waals surface area contributed by atoms with Gasteiger partial charge in [0.25, 0.3) is 0 Å². The largest absolute Gasteiger partial charge is 0.380 e. The number of hydrogen-bond donors (Lipinski definition) is 1. The van der Waals surface area contributed by atoms with Crippen molar-refractivity contribution >= 4 is 11.8 Å². The minimum Gasteiger partial charge on any atom is -0.380 e. The van der Waals surface area contributed by atoms with Crippen LogP contribution in [0.2, 0.25) is 0 Å². The predicted octanol–water partition coefficient (Wildman–Crippen LogP) is 2.53. The summed E-state index contributed by atoms with van der Waals surface area (Å²) in [6.45, 7) is 8.34. The normalized spacial score (nSPS) is 20.8. The highest BCUT2D eigenvalue weighted by Gasteiger charge is 2.15. The van der Waals surface area contributed by atoms with E-state index in [-0.39, 0.29) is 0 Å². The van der Waals surface area contributed by atoms with Crippen LogP contribution in [0.3, 0.4) is 0 Å². The number of nitrogens with one attached hydrogen (secondary N) is 1. The van der Waals surface area contributed by atoms with Crippen LogP contribution < -0.4 is 5.32 Å². The van der Waals surface area contributed by atoms with Gasteiger partial charge in [-0.3, -0.25) is 0 Å². The smallest absolute Gasteiger partial charge is 0.0617 e. The molecule has 0 aromatic heterocycles. The maximum Gasteiger partial charge on any atom is 0.0617 e. The van der Waals surface area contributed by atoms with Gasteiger partial charge < -0.3 is 10.1 Å². The molecular formula is C12H25NOS. The Hall–Kier alpha value is 0.270. The first-order chi connectivity index (χ1) is 7.18. The molecule has 1 fully saturated rings. The standard InChI is InChI=1S/C12H25NOS/c1-10(2)8-14-9-11(3)13-12-4-6-15-7-5-12/h10-13H,4-9H2,1-3H3. The molecule has 3 heteroatoms. The summed E-state index contributed by atoms with van der Waals surface area (Å²) in [5, 5.41) is 3.65. The fourth-order valence-electron chi connectivity index (χ4n) is 1.80. The third kappa shape index (κ3) is 6.44. The Morgan fingerprint density at radius 3 is 2.47 bits per heavy atom. The predicted molar refractivity (Wildman–Crippen MR) is 68.6 cm³/mol. The van der Waals surface area contributed by atoms with Gasteiger partial charge in [0.05, 0.1) is 6.61 Å². The molecule has 0 aromatic rings. The number of rotatable bonds is 6. The summed E-state index contributed by atoms with van der Waals surface area (Å²) >= 11 is 2.08. The average Bonchev–Trinajstić information content (AvgIpc) is 2.18. The second kappa shape index (κ2) is 7.53. The lowest BCUT2D eigenvalue weighted by Crippen LogP contribution is -2.41. The average molecular weight is 231 g/mol. The maximum atomic E-state index is 5.63. The van der Waals surface area contributed by atoms with Crippen LogP contribution in [0.15, 0.2) is 0 Å². The van der Waals surface area contributed by atoms with Crippen molar-refractivity contribution in [1.29, 1.82) is 0 Å². The van der Waals surface area contributed by atoms with Crippen molar-refractivity contribution in [2.75, 3.05) is 24.7 Å². The molecule has 1 N–H and O–H groups in total. The molecule has 0 radical (unpaired) electrons. The van der Waals surface area contributed by atoms with Crippen LogP contribution in [0, 0.1) is 5.92 Å². The molecular weight excluding hydrogens is 206 g/mol. The van der Waals surface area contributed by atoms with Gasteiger partial charge in [0.15, 0.2) is 0 Å². The van der Waals surface area contributed by atoms with Crippen molar-refractivity contribution < 1.29 is 4.74 Å². The molecule has 1 rings (SSSR count). The van der Waals surface area contributed by atoms with Gasteiger partial charge in [0.1, 0.15) is 0 Å². The molecule has 0 spiro atoms. The molecule has 1 aliphatic heterocycles. The van der Waals surface area contributed by atoms with Crippen molar-refractivity contribution in [3.63, 3.8) is 0 Å². The van der Waals surface area contributed by atoms with E-state index in [0.29, 0.717) is 12.0 Å². The molecule has 90 valence electrons. The van der Waals surface area contributed by atoms with Gasteiger partial charge in [-0.15, -0.1) is 0 Å². The van der Waals surface area contributed by atoms with Crippen LogP contribution in [0.5, 0.6) is 0 Å². The van der Waals surface area contributed by atoms with Crippen LogP contribution in [-0.2, 0) is 4.74 Å². The van der Waals surface area contributed by atoms with Gasteiger partial charge in [-0.05, 0) is 37.2 Å². The minimum absolute atomic E-state index is 0.497. The first-order valence-electron chi connectivity index (χ1n) is 6.10. The van der Waals surface area contributed by atoms with E-state index in [0.717, 1.165) is 19.3 Å². The van der Waals surface area contributed by atoms with Crippen LogP contribution in [0.4, 0.5) is 0 Å². The van der Waals surface area contributed by atoms with E-state index in [1.165, 1.54) is 24.3 Å². The highest BCUT2D eigenvalue weighted by molar-refractivity contribution is 7.99. The second-order valence-electron chi connectivity index (χ2n) is 4.89. The zero-order valence-corrected chi connectivity index (χ0v) is 11.1. The van der Waals surface area contributed by atoms with Crippen molar-refractivity contribution in [2.24, 2.45) is 5.92 Å². The van der Waals surface area contributed by atoms with Crippen molar-refractivity contribution in [2.45, 2.75) is 45.7 Å². The Morgan fingerprint density at radius 1 is 1.20 bits per heavy atom. The molecule has 2 nitrogen and oxygen atoms in total. The molecule has 1 heterocycles. The molecule has 15 heavy (non-hydrogen) atoms. The van der Waals surface area contributed by atoms with Gasteiger partial charge in [0, 0.05) is 18.7 Å². The SMILES string of the molecule is CC(C)COCC(C)NC1CCSCC1. The minimum atomic E-state index is 0.497. The molecule has 1 saturated heterocycles. The monoisotopic (exact) mass is 231 g/mol. The van der Waals surface area contributed by atoms with Crippen LogP contribution in [0.25, 0.3) is 0 Å². The highest BCUT2D eigenvalue weighted by Crippen LogP contribution is 2.17. The van der Waals surface area contributed by atoms with Crippen molar-refractivity contribution in [3.05, 3.63) is 0 Å². The molecule has 1 atom stereocenters. The zero-order valence-electron chi connectivity index (χ0n) is 10.3. The fraction of sp³-hybridized carbons (Fsp3) is 1.00. The van der Waals surface area contributed by atoms with E-state index in [1.54, 1.807) is 0 Å². The lowest BCUT2D eigenvalue weighted by Gasteiger charge is -2.26. The van der Waals surface area contributed by atoms with E-state index in [1.807, 2.05) is 0 Å². The van der Waals surface area contributed by atoms with E-state index < -0.39 is 0 Å². The van der Waals surface area contributed by atoms with Crippen LogP contribution in [-0.4, -0.2) is 36.8 Å². The van der Waals surface area contributed by atoms with Gasteiger partial charge >= 0.3 is 0 Å². The molecule has 1 unspecified atom stereocenters. The molecule has 0 saturated carbocycles. The molecule has 0 aliphatic carbocycles. The Bertz CT molecular complexity index is 158. The van der Waals surface area contributed by atoms with Crippen molar-refractivity contribution in [1.82, 2.24) is 5.32 Å². The fourth-order valence-corrected chi connectivity index (χ4v) is 2.90. The second-order valence-corrected chi connectivity index (χ2v) is 6.11. The summed E-state index contributed by atoms with van der Waals surface area (Å²) < 4.78 is 5.63. The van der Waals surface area contributed by atoms with E-state index in [2.05, 4.69) is 37.8 Å². The van der Waals surface area contributed by atoms with Crippen LogP contribution in [0.1, 0.15) is 33.6 Å². The summed E-state index contributed by atoms with van der Waals surface area (Å²) in [5.41, 5.74) is 0. The molecule has 0 aromatic carbocycles. The quantitative estimate of drug-likeness (QED) is 0.759. The third-order valence-electron chi connectivity index (χ3n) is 2.56. The summed E-state index contributed by atoms with van der Waals surface area (Å²) in [6.07, 6.45) is 2.64. The lowest BCUT2D eigenvalue weighted by atomic mass is 10.1. The van der Waals surface area contributed by atoms with Crippen LogP contribution >= 0.6 is 11.8 Å². The topological polar surface area (TPSA) is 21.3 Å². The summed E-state index contributed by atoms with van der Waals surface area (Å²) in [4.78, 5) is 0. The Morgan fingerprint density at radius 2 is 1.87 bits per heavy atom. The zero-order chi connectivity index (χ0) is 11.1. The van der Waals surface area contributed by atoms with Gasteiger partial charge in [-0.25, -0.2) is 0 Å².